The van der Waals surface area contributed by atoms with Crippen LogP contribution in [0.2, 0.25) is 0 Å². The molecular formula is C9H16N2O3. The Bertz CT molecular complexity index is 244. The average molecular weight is 200 g/mol. The number of carbonyl (C=O) groups is 2. The summed E-state index contributed by atoms with van der Waals surface area (Å²) in [5.74, 6) is -1.37. The zero-order valence-electron chi connectivity index (χ0n) is 8.54. The van der Waals surface area contributed by atoms with E-state index in [1.165, 1.54) is 13.8 Å². The zero-order valence-corrected chi connectivity index (χ0v) is 8.54. The molecule has 0 bridgehead atoms. The molecule has 5 nitrogen and oxygen atoms in total. The Balaban J connectivity index is 2.67. The largest absolute Gasteiger partial charge is 0.480 e. The minimum atomic E-state index is -1.31. The van der Waals surface area contributed by atoms with Crippen LogP contribution in [0.3, 0.4) is 0 Å². The van der Waals surface area contributed by atoms with Gasteiger partial charge in [0.2, 0.25) is 5.91 Å². The number of rotatable bonds is 2. The Morgan fingerprint density at radius 1 is 1.29 bits per heavy atom. The molecule has 0 atom stereocenters. The Kier molecular flexibility index (Phi) is 3.10. The maximum atomic E-state index is 11.8. The van der Waals surface area contributed by atoms with Crippen molar-refractivity contribution in [1.82, 2.24) is 10.2 Å². The molecule has 14 heavy (non-hydrogen) atoms. The molecule has 2 N–H and O–H groups in total. The van der Waals surface area contributed by atoms with Gasteiger partial charge < -0.3 is 15.3 Å². The van der Waals surface area contributed by atoms with E-state index in [1.807, 2.05) is 0 Å². The molecule has 0 aliphatic carbocycles. The summed E-state index contributed by atoms with van der Waals surface area (Å²) >= 11 is 0. The Hall–Kier alpha value is -1.10. The van der Waals surface area contributed by atoms with Crippen molar-refractivity contribution < 1.29 is 14.7 Å². The molecule has 1 saturated heterocycles. The lowest BCUT2D eigenvalue weighted by Crippen LogP contribution is -2.52. The first-order chi connectivity index (χ1) is 6.46. The number of hydrogen-bond donors (Lipinski definition) is 2. The summed E-state index contributed by atoms with van der Waals surface area (Å²) < 4.78 is 0. The fourth-order valence-corrected chi connectivity index (χ4v) is 1.35. The van der Waals surface area contributed by atoms with E-state index in [-0.39, 0.29) is 5.91 Å². The van der Waals surface area contributed by atoms with Crippen LogP contribution in [0.1, 0.15) is 13.8 Å². The highest BCUT2D eigenvalue weighted by molar-refractivity contribution is 6.01. The van der Waals surface area contributed by atoms with Crippen LogP contribution in [-0.4, -0.2) is 48.1 Å². The van der Waals surface area contributed by atoms with Gasteiger partial charge in [-0.15, -0.1) is 0 Å². The molecule has 1 amide bonds. The van der Waals surface area contributed by atoms with Gasteiger partial charge in [0.15, 0.2) is 0 Å². The summed E-state index contributed by atoms with van der Waals surface area (Å²) in [5, 5.41) is 12.0. The number of carboxylic acid groups (broad SMARTS) is 1. The lowest BCUT2D eigenvalue weighted by Gasteiger charge is -2.32. The first kappa shape index (κ1) is 11.0. The Morgan fingerprint density at radius 2 is 1.79 bits per heavy atom. The van der Waals surface area contributed by atoms with Crippen LogP contribution in [0.15, 0.2) is 0 Å². The van der Waals surface area contributed by atoms with Crippen molar-refractivity contribution in [2.45, 2.75) is 13.8 Å². The molecule has 1 heterocycles. The van der Waals surface area contributed by atoms with Crippen molar-refractivity contribution in [2.75, 3.05) is 26.2 Å². The number of hydrogen-bond acceptors (Lipinski definition) is 3. The third-order valence-electron chi connectivity index (χ3n) is 2.47. The van der Waals surface area contributed by atoms with Crippen molar-refractivity contribution >= 4 is 11.9 Å². The van der Waals surface area contributed by atoms with E-state index in [0.29, 0.717) is 13.1 Å². The standard InChI is InChI=1S/C9H16N2O3/c1-9(2,8(13)14)7(12)11-5-3-10-4-6-11/h10H,3-6H2,1-2H3,(H,13,14). The summed E-state index contributed by atoms with van der Waals surface area (Å²) in [6, 6.07) is 0. The fourth-order valence-electron chi connectivity index (χ4n) is 1.35. The zero-order chi connectivity index (χ0) is 10.8. The summed E-state index contributed by atoms with van der Waals surface area (Å²) in [5.41, 5.74) is -1.31. The van der Waals surface area contributed by atoms with Crippen LogP contribution in [0.25, 0.3) is 0 Å². The molecule has 0 radical (unpaired) electrons. The molecule has 0 aromatic rings. The van der Waals surface area contributed by atoms with E-state index >= 15 is 0 Å². The second-order valence-corrected chi connectivity index (χ2v) is 3.97. The van der Waals surface area contributed by atoms with E-state index in [9.17, 15) is 9.59 Å². The second-order valence-electron chi connectivity index (χ2n) is 3.97. The highest BCUT2D eigenvalue weighted by Crippen LogP contribution is 2.19. The monoisotopic (exact) mass is 200 g/mol. The number of nitrogens with zero attached hydrogens (tertiary/aromatic N) is 1. The van der Waals surface area contributed by atoms with E-state index in [0.717, 1.165) is 13.1 Å². The van der Waals surface area contributed by atoms with Gasteiger partial charge >= 0.3 is 5.97 Å². The van der Waals surface area contributed by atoms with Gasteiger partial charge in [0.25, 0.3) is 0 Å². The van der Waals surface area contributed by atoms with Crippen molar-refractivity contribution in [3.05, 3.63) is 0 Å². The molecule has 0 aromatic heterocycles. The lowest BCUT2D eigenvalue weighted by atomic mass is 9.91. The minimum absolute atomic E-state index is 0.300. The lowest BCUT2D eigenvalue weighted by molar-refractivity contribution is -0.158. The SMILES string of the molecule is CC(C)(C(=O)O)C(=O)N1CCNCC1. The van der Waals surface area contributed by atoms with Gasteiger partial charge in [-0.2, -0.15) is 0 Å². The Labute approximate surface area is 83.1 Å². The molecule has 1 fully saturated rings. The predicted octanol–water partition coefficient (Wildman–Crippen LogP) is -0.471. The second kappa shape index (κ2) is 3.96. The number of carboxylic acids is 1. The molecule has 0 unspecified atom stereocenters. The number of nitrogens with one attached hydrogen (secondary N) is 1. The highest BCUT2D eigenvalue weighted by atomic mass is 16.4. The molecule has 5 heteroatoms. The number of carbonyl (C=O) groups excluding carboxylic acids is 1. The fraction of sp³-hybridized carbons (Fsp3) is 0.778. The van der Waals surface area contributed by atoms with Crippen molar-refractivity contribution in [2.24, 2.45) is 5.41 Å². The third kappa shape index (κ3) is 2.04. The van der Waals surface area contributed by atoms with Crippen LogP contribution in [0.4, 0.5) is 0 Å². The molecular weight excluding hydrogens is 184 g/mol. The molecule has 0 spiro atoms. The topological polar surface area (TPSA) is 69.6 Å². The van der Waals surface area contributed by atoms with Gasteiger partial charge in [-0.05, 0) is 13.8 Å². The van der Waals surface area contributed by atoms with E-state index in [2.05, 4.69) is 5.32 Å². The van der Waals surface area contributed by atoms with Gasteiger partial charge in [0.1, 0.15) is 5.41 Å². The average Bonchev–Trinajstić information content (AvgIpc) is 2.17. The quantitative estimate of drug-likeness (QED) is 0.591. The molecule has 1 aliphatic rings. The Morgan fingerprint density at radius 3 is 2.21 bits per heavy atom. The van der Waals surface area contributed by atoms with Crippen molar-refractivity contribution in [3.63, 3.8) is 0 Å². The highest BCUT2D eigenvalue weighted by Gasteiger charge is 2.39. The van der Waals surface area contributed by atoms with Crippen LogP contribution >= 0.6 is 0 Å². The maximum Gasteiger partial charge on any atom is 0.318 e. The first-order valence-corrected chi connectivity index (χ1v) is 4.70. The van der Waals surface area contributed by atoms with E-state index < -0.39 is 11.4 Å². The normalized spacial score (nSPS) is 18.0. The number of aliphatic carboxylic acids is 1. The molecule has 0 aromatic carbocycles. The molecule has 1 aliphatic heterocycles. The molecule has 80 valence electrons. The summed E-state index contributed by atoms with van der Waals surface area (Å²) in [4.78, 5) is 24.2. The van der Waals surface area contributed by atoms with E-state index in [4.69, 9.17) is 5.11 Å². The van der Waals surface area contributed by atoms with Crippen molar-refractivity contribution in [3.8, 4) is 0 Å². The smallest absolute Gasteiger partial charge is 0.318 e. The first-order valence-electron chi connectivity index (χ1n) is 4.70. The summed E-state index contributed by atoms with van der Waals surface area (Å²) in [7, 11) is 0. The van der Waals surface area contributed by atoms with Crippen LogP contribution in [0.5, 0.6) is 0 Å². The molecule has 0 saturated carbocycles. The summed E-state index contributed by atoms with van der Waals surface area (Å²) in [6.07, 6.45) is 0. The van der Waals surface area contributed by atoms with Gasteiger partial charge in [-0.25, -0.2) is 0 Å². The number of piperazine rings is 1. The molecule has 1 rings (SSSR count). The van der Waals surface area contributed by atoms with Gasteiger partial charge in [-0.1, -0.05) is 0 Å². The minimum Gasteiger partial charge on any atom is -0.480 e. The summed E-state index contributed by atoms with van der Waals surface area (Å²) in [6.45, 7) is 5.55. The van der Waals surface area contributed by atoms with E-state index in [1.54, 1.807) is 4.90 Å². The number of amides is 1. The van der Waals surface area contributed by atoms with Gasteiger partial charge in [0, 0.05) is 26.2 Å². The maximum absolute atomic E-state index is 11.8. The predicted molar refractivity (Wildman–Crippen MR) is 50.9 cm³/mol. The van der Waals surface area contributed by atoms with Gasteiger partial charge in [-0.3, -0.25) is 9.59 Å². The van der Waals surface area contributed by atoms with Gasteiger partial charge in [0.05, 0.1) is 0 Å². The van der Waals surface area contributed by atoms with Crippen LogP contribution in [-0.2, 0) is 9.59 Å². The third-order valence-corrected chi connectivity index (χ3v) is 2.47. The van der Waals surface area contributed by atoms with Crippen molar-refractivity contribution in [1.29, 1.82) is 0 Å². The van der Waals surface area contributed by atoms with Crippen LogP contribution < -0.4 is 5.32 Å². The van der Waals surface area contributed by atoms with Crippen LogP contribution in [0, 0.1) is 5.41 Å².